The molecule has 144 valence electrons. The van der Waals surface area contributed by atoms with E-state index in [1.807, 2.05) is 24.3 Å². The van der Waals surface area contributed by atoms with E-state index in [2.05, 4.69) is 15.5 Å². The number of para-hydroxylation sites is 1. The van der Waals surface area contributed by atoms with Crippen molar-refractivity contribution in [2.24, 2.45) is 5.10 Å². The van der Waals surface area contributed by atoms with Gasteiger partial charge >= 0.3 is 0 Å². The minimum Gasteiger partial charge on any atom is -0.496 e. The maximum atomic E-state index is 13.7. The number of carbonyl (C=O) groups is 1. The Bertz CT molecular complexity index is 1030. The molecule has 6 nitrogen and oxygen atoms in total. The standard InChI is InChI=1S/C20H18FN3O3S/c1-12-18(28-20(23-12)14-6-4-5-7-16(14)26-2)19(25)24-22-11-13-8-9-17(27-3)15(21)10-13/h4-11H,1-3H3,(H,24,25)/b22-11+. The quantitative estimate of drug-likeness (QED) is 0.502. The van der Waals surface area contributed by atoms with Crippen LogP contribution in [0.25, 0.3) is 10.6 Å². The summed E-state index contributed by atoms with van der Waals surface area (Å²) in [6, 6.07) is 11.9. The molecule has 0 radical (unpaired) electrons. The molecule has 2 aromatic carbocycles. The Morgan fingerprint density at radius 1 is 1.18 bits per heavy atom. The number of aryl methyl sites for hydroxylation is 1. The Kier molecular flexibility index (Phi) is 6.00. The summed E-state index contributed by atoms with van der Waals surface area (Å²) in [5.41, 5.74) is 4.35. The van der Waals surface area contributed by atoms with Crippen LogP contribution in [0.4, 0.5) is 4.39 Å². The molecule has 0 saturated carbocycles. The van der Waals surface area contributed by atoms with Crippen molar-refractivity contribution in [2.45, 2.75) is 6.92 Å². The van der Waals surface area contributed by atoms with E-state index in [0.29, 0.717) is 26.9 Å². The van der Waals surface area contributed by atoms with Crippen LogP contribution in [0, 0.1) is 12.7 Å². The number of amides is 1. The van der Waals surface area contributed by atoms with E-state index in [0.717, 1.165) is 5.56 Å². The zero-order valence-corrected chi connectivity index (χ0v) is 16.3. The number of ether oxygens (including phenoxy) is 2. The minimum atomic E-state index is -0.502. The number of nitrogens with one attached hydrogen (secondary N) is 1. The normalized spacial score (nSPS) is 10.9. The van der Waals surface area contributed by atoms with Crippen molar-refractivity contribution < 1.29 is 18.7 Å². The first kappa shape index (κ1) is 19.5. The average Bonchev–Trinajstić information content (AvgIpc) is 3.09. The van der Waals surface area contributed by atoms with Crippen molar-refractivity contribution in [1.82, 2.24) is 10.4 Å². The molecule has 1 amide bonds. The van der Waals surface area contributed by atoms with Gasteiger partial charge in [-0.1, -0.05) is 12.1 Å². The van der Waals surface area contributed by atoms with Crippen molar-refractivity contribution in [3.05, 3.63) is 64.4 Å². The predicted octanol–water partition coefficient (Wildman–Crippen LogP) is 4.04. The fourth-order valence-corrected chi connectivity index (χ4v) is 3.51. The third kappa shape index (κ3) is 4.17. The number of halogens is 1. The summed E-state index contributed by atoms with van der Waals surface area (Å²) in [5, 5.41) is 4.58. The molecule has 28 heavy (non-hydrogen) atoms. The van der Waals surface area contributed by atoms with E-state index >= 15 is 0 Å². The van der Waals surface area contributed by atoms with Crippen LogP contribution in [-0.2, 0) is 0 Å². The number of thiazole rings is 1. The fourth-order valence-electron chi connectivity index (χ4n) is 2.52. The van der Waals surface area contributed by atoms with E-state index in [-0.39, 0.29) is 11.7 Å². The lowest BCUT2D eigenvalue weighted by atomic mass is 10.2. The van der Waals surface area contributed by atoms with Gasteiger partial charge in [0.15, 0.2) is 11.6 Å². The SMILES string of the molecule is COc1ccc(/C=N/NC(=O)c2sc(-c3ccccc3OC)nc2C)cc1F. The van der Waals surface area contributed by atoms with E-state index in [4.69, 9.17) is 9.47 Å². The lowest BCUT2D eigenvalue weighted by Crippen LogP contribution is -2.17. The van der Waals surface area contributed by atoms with Crippen molar-refractivity contribution in [2.75, 3.05) is 14.2 Å². The van der Waals surface area contributed by atoms with Gasteiger partial charge in [0.2, 0.25) is 0 Å². The van der Waals surface area contributed by atoms with E-state index in [1.54, 1.807) is 20.1 Å². The number of hydrogen-bond acceptors (Lipinski definition) is 6. The summed E-state index contributed by atoms with van der Waals surface area (Å²) < 4.78 is 23.9. The number of rotatable bonds is 6. The number of nitrogens with zero attached hydrogens (tertiary/aromatic N) is 2. The van der Waals surface area contributed by atoms with E-state index in [1.165, 1.54) is 36.8 Å². The highest BCUT2D eigenvalue weighted by atomic mass is 32.1. The maximum Gasteiger partial charge on any atom is 0.283 e. The molecule has 0 atom stereocenters. The van der Waals surface area contributed by atoms with Crippen molar-refractivity contribution in [3.8, 4) is 22.1 Å². The average molecular weight is 399 g/mol. The van der Waals surface area contributed by atoms with Gasteiger partial charge in [-0.15, -0.1) is 11.3 Å². The first-order valence-electron chi connectivity index (χ1n) is 8.31. The fraction of sp³-hybridized carbons (Fsp3) is 0.150. The molecule has 0 fully saturated rings. The Balaban J connectivity index is 1.75. The molecule has 1 N–H and O–H groups in total. The van der Waals surface area contributed by atoms with Crippen LogP contribution < -0.4 is 14.9 Å². The molecule has 3 rings (SSSR count). The predicted molar refractivity (Wildman–Crippen MR) is 107 cm³/mol. The summed E-state index contributed by atoms with van der Waals surface area (Å²) in [4.78, 5) is 17.4. The number of methoxy groups -OCH3 is 2. The highest BCUT2D eigenvalue weighted by Gasteiger charge is 2.17. The molecule has 0 saturated heterocycles. The van der Waals surface area contributed by atoms with Crippen LogP contribution in [0.2, 0.25) is 0 Å². The second-order valence-corrected chi connectivity index (χ2v) is 6.73. The van der Waals surface area contributed by atoms with Gasteiger partial charge < -0.3 is 9.47 Å². The molecule has 0 unspecified atom stereocenters. The van der Waals surface area contributed by atoms with Gasteiger partial charge in [-0.3, -0.25) is 4.79 Å². The summed E-state index contributed by atoms with van der Waals surface area (Å²) in [5.74, 6) is -0.0630. The Hall–Kier alpha value is -3.26. The van der Waals surface area contributed by atoms with Crippen LogP contribution in [0.1, 0.15) is 20.9 Å². The van der Waals surface area contributed by atoms with E-state index < -0.39 is 5.82 Å². The second kappa shape index (κ2) is 8.62. The molecule has 1 heterocycles. The topological polar surface area (TPSA) is 72.8 Å². The van der Waals surface area contributed by atoms with Gasteiger partial charge in [0.1, 0.15) is 15.6 Å². The molecule has 0 aliphatic heterocycles. The first-order chi connectivity index (χ1) is 13.5. The molecule has 0 aliphatic rings. The maximum absolute atomic E-state index is 13.7. The summed E-state index contributed by atoms with van der Waals surface area (Å²) >= 11 is 1.25. The molecule has 0 spiro atoms. The van der Waals surface area contributed by atoms with Crippen molar-refractivity contribution in [1.29, 1.82) is 0 Å². The smallest absolute Gasteiger partial charge is 0.283 e. The minimum absolute atomic E-state index is 0.144. The summed E-state index contributed by atoms with van der Waals surface area (Å²) in [7, 11) is 2.98. The molecule has 0 aliphatic carbocycles. The van der Waals surface area contributed by atoms with Gasteiger partial charge in [-0.25, -0.2) is 14.8 Å². The van der Waals surface area contributed by atoms with Gasteiger partial charge in [0.05, 0.1) is 31.7 Å². The number of benzene rings is 2. The second-order valence-electron chi connectivity index (χ2n) is 5.73. The molecule has 1 aromatic heterocycles. The lowest BCUT2D eigenvalue weighted by Gasteiger charge is -2.04. The number of hydrogen-bond donors (Lipinski definition) is 1. The molecule has 0 bridgehead atoms. The summed E-state index contributed by atoms with van der Waals surface area (Å²) in [6.45, 7) is 1.76. The van der Waals surface area contributed by atoms with Crippen LogP contribution in [0.15, 0.2) is 47.6 Å². The van der Waals surface area contributed by atoms with Gasteiger partial charge in [-0.05, 0) is 42.8 Å². The van der Waals surface area contributed by atoms with E-state index in [9.17, 15) is 9.18 Å². The lowest BCUT2D eigenvalue weighted by molar-refractivity contribution is 0.0958. The first-order valence-corrected chi connectivity index (χ1v) is 9.13. The molecule has 8 heteroatoms. The third-order valence-corrected chi connectivity index (χ3v) is 5.09. The van der Waals surface area contributed by atoms with Gasteiger partial charge in [-0.2, -0.15) is 5.10 Å². The van der Waals surface area contributed by atoms with Crippen LogP contribution in [-0.4, -0.2) is 31.3 Å². The Morgan fingerprint density at radius 2 is 1.93 bits per heavy atom. The third-order valence-electron chi connectivity index (χ3n) is 3.90. The molecule has 3 aromatic rings. The highest BCUT2D eigenvalue weighted by Crippen LogP contribution is 2.34. The number of hydrazone groups is 1. The van der Waals surface area contributed by atoms with Crippen LogP contribution in [0.3, 0.4) is 0 Å². The van der Waals surface area contributed by atoms with Gasteiger partial charge in [0, 0.05) is 0 Å². The van der Waals surface area contributed by atoms with Gasteiger partial charge in [0.25, 0.3) is 5.91 Å². The monoisotopic (exact) mass is 399 g/mol. The largest absolute Gasteiger partial charge is 0.496 e. The Morgan fingerprint density at radius 3 is 2.64 bits per heavy atom. The zero-order chi connectivity index (χ0) is 20.1. The highest BCUT2D eigenvalue weighted by molar-refractivity contribution is 7.17. The van der Waals surface area contributed by atoms with Crippen LogP contribution >= 0.6 is 11.3 Å². The Labute approximate surface area is 165 Å². The molecular weight excluding hydrogens is 381 g/mol. The zero-order valence-electron chi connectivity index (χ0n) is 15.5. The van der Waals surface area contributed by atoms with Crippen LogP contribution in [0.5, 0.6) is 11.5 Å². The summed E-state index contributed by atoms with van der Waals surface area (Å²) in [6.07, 6.45) is 1.36. The number of aromatic nitrogens is 1. The molecular formula is C20H18FN3O3S. The number of carbonyl (C=O) groups excluding carboxylic acids is 1. The van der Waals surface area contributed by atoms with Crippen molar-refractivity contribution in [3.63, 3.8) is 0 Å². The van der Waals surface area contributed by atoms with Crippen molar-refractivity contribution >= 4 is 23.5 Å².